The summed E-state index contributed by atoms with van der Waals surface area (Å²) in [5, 5.41) is 6.74. The van der Waals surface area contributed by atoms with Crippen LogP contribution in [0.2, 0.25) is 0 Å². The Bertz CT molecular complexity index is 431. The minimum atomic E-state index is 0.602. The van der Waals surface area contributed by atoms with Crippen LogP contribution in [0.4, 0.5) is 0 Å². The van der Waals surface area contributed by atoms with Crippen LogP contribution in [0, 0.1) is 5.92 Å². The van der Waals surface area contributed by atoms with Crippen molar-refractivity contribution in [1.82, 2.24) is 10.6 Å². The molecule has 2 atom stereocenters. The second kappa shape index (κ2) is 6.23. The van der Waals surface area contributed by atoms with E-state index in [1.54, 1.807) is 0 Å². The molecule has 4 heteroatoms. The van der Waals surface area contributed by atoms with Gasteiger partial charge in [-0.25, -0.2) is 4.99 Å². The van der Waals surface area contributed by atoms with Crippen LogP contribution in [0.15, 0.2) is 33.7 Å². The SMILES string of the molecule is CCNC(=NCc1cccc(Br)c1)NC1CC1C. The Labute approximate surface area is 117 Å². The van der Waals surface area contributed by atoms with Crippen LogP contribution in [0.1, 0.15) is 25.8 Å². The van der Waals surface area contributed by atoms with E-state index in [-0.39, 0.29) is 0 Å². The number of guanidine groups is 1. The summed E-state index contributed by atoms with van der Waals surface area (Å²) in [6.45, 7) is 5.95. The normalized spacial score (nSPS) is 22.7. The first kappa shape index (κ1) is 13.4. The second-order valence-corrected chi connectivity index (χ2v) is 5.70. The molecule has 1 aromatic rings. The third-order valence-corrected chi connectivity index (χ3v) is 3.58. The van der Waals surface area contributed by atoms with E-state index in [4.69, 9.17) is 0 Å². The Morgan fingerprint density at radius 1 is 1.50 bits per heavy atom. The number of nitrogens with one attached hydrogen (secondary N) is 2. The molecule has 0 bridgehead atoms. The van der Waals surface area contributed by atoms with Crippen molar-refractivity contribution in [2.75, 3.05) is 6.54 Å². The van der Waals surface area contributed by atoms with Crippen molar-refractivity contribution in [3.8, 4) is 0 Å². The fraction of sp³-hybridized carbons (Fsp3) is 0.500. The molecular weight excluding hydrogens is 290 g/mol. The lowest BCUT2D eigenvalue weighted by atomic mass is 10.2. The van der Waals surface area contributed by atoms with Crippen molar-refractivity contribution < 1.29 is 0 Å². The molecule has 0 radical (unpaired) electrons. The monoisotopic (exact) mass is 309 g/mol. The lowest BCUT2D eigenvalue weighted by Gasteiger charge is -2.10. The van der Waals surface area contributed by atoms with Crippen LogP contribution < -0.4 is 10.6 Å². The molecule has 1 aliphatic rings. The maximum absolute atomic E-state index is 4.61. The molecule has 0 saturated heterocycles. The van der Waals surface area contributed by atoms with Gasteiger partial charge in [-0.1, -0.05) is 35.0 Å². The van der Waals surface area contributed by atoms with Gasteiger partial charge < -0.3 is 10.6 Å². The Hall–Kier alpha value is -1.03. The standard InChI is InChI=1S/C14H20BrN3/c1-3-16-14(18-13-7-10(13)2)17-9-11-5-4-6-12(15)8-11/h4-6,8,10,13H,3,7,9H2,1-2H3,(H2,16,17,18). The van der Waals surface area contributed by atoms with E-state index in [2.05, 4.69) is 57.5 Å². The van der Waals surface area contributed by atoms with Gasteiger partial charge in [0.1, 0.15) is 0 Å². The largest absolute Gasteiger partial charge is 0.357 e. The highest BCUT2D eigenvalue weighted by Gasteiger charge is 2.33. The van der Waals surface area contributed by atoms with Crippen LogP contribution in [0.5, 0.6) is 0 Å². The molecule has 0 heterocycles. The topological polar surface area (TPSA) is 36.4 Å². The minimum absolute atomic E-state index is 0.602. The fourth-order valence-corrected chi connectivity index (χ4v) is 2.27. The van der Waals surface area contributed by atoms with E-state index >= 15 is 0 Å². The zero-order valence-electron chi connectivity index (χ0n) is 10.9. The molecule has 2 N–H and O–H groups in total. The molecule has 2 rings (SSSR count). The first-order valence-corrected chi connectivity index (χ1v) is 7.27. The average Bonchev–Trinajstić information content (AvgIpc) is 3.02. The number of hydrogen-bond acceptors (Lipinski definition) is 1. The molecule has 0 amide bonds. The maximum Gasteiger partial charge on any atom is 0.191 e. The van der Waals surface area contributed by atoms with E-state index in [9.17, 15) is 0 Å². The molecule has 0 spiro atoms. The summed E-state index contributed by atoms with van der Waals surface area (Å²) < 4.78 is 1.10. The van der Waals surface area contributed by atoms with Crippen molar-refractivity contribution in [3.63, 3.8) is 0 Å². The fourth-order valence-electron chi connectivity index (χ4n) is 1.82. The van der Waals surface area contributed by atoms with Gasteiger partial charge in [0.25, 0.3) is 0 Å². The van der Waals surface area contributed by atoms with Gasteiger partial charge in [0, 0.05) is 17.1 Å². The van der Waals surface area contributed by atoms with E-state index in [0.29, 0.717) is 12.6 Å². The molecule has 98 valence electrons. The number of rotatable bonds is 4. The molecule has 18 heavy (non-hydrogen) atoms. The number of benzene rings is 1. The van der Waals surface area contributed by atoms with E-state index < -0.39 is 0 Å². The third-order valence-electron chi connectivity index (χ3n) is 3.08. The van der Waals surface area contributed by atoms with Crippen LogP contribution in [0.3, 0.4) is 0 Å². The smallest absolute Gasteiger partial charge is 0.191 e. The zero-order valence-corrected chi connectivity index (χ0v) is 12.5. The molecule has 3 nitrogen and oxygen atoms in total. The predicted octanol–water partition coefficient (Wildman–Crippen LogP) is 2.91. The molecular formula is C14H20BrN3. The highest BCUT2D eigenvalue weighted by atomic mass is 79.9. The predicted molar refractivity (Wildman–Crippen MR) is 79.7 cm³/mol. The van der Waals surface area contributed by atoms with Gasteiger partial charge in [-0.05, 0) is 37.0 Å². The van der Waals surface area contributed by atoms with Gasteiger partial charge >= 0.3 is 0 Å². The lowest BCUT2D eigenvalue weighted by Crippen LogP contribution is -2.39. The summed E-state index contributed by atoms with van der Waals surface area (Å²) in [6, 6.07) is 8.87. The highest BCUT2D eigenvalue weighted by Crippen LogP contribution is 2.28. The Morgan fingerprint density at radius 2 is 2.28 bits per heavy atom. The van der Waals surface area contributed by atoms with Crippen LogP contribution in [0.25, 0.3) is 0 Å². The molecule has 0 aliphatic heterocycles. The van der Waals surface area contributed by atoms with E-state index in [1.165, 1.54) is 12.0 Å². The highest BCUT2D eigenvalue weighted by molar-refractivity contribution is 9.10. The molecule has 1 aromatic carbocycles. The molecule has 2 unspecified atom stereocenters. The second-order valence-electron chi connectivity index (χ2n) is 4.79. The molecule has 0 aromatic heterocycles. The van der Waals surface area contributed by atoms with Gasteiger partial charge in [-0.2, -0.15) is 0 Å². The Kier molecular flexibility index (Phi) is 4.64. The van der Waals surface area contributed by atoms with Gasteiger partial charge in [-0.3, -0.25) is 0 Å². The summed E-state index contributed by atoms with van der Waals surface area (Å²) in [6.07, 6.45) is 1.25. The maximum atomic E-state index is 4.61. The first-order valence-electron chi connectivity index (χ1n) is 6.48. The van der Waals surface area contributed by atoms with Gasteiger partial charge in [0.05, 0.1) is 6.54 Å². The lowest BCUT2D eigenvalue weighted by molar-refractivity contribution is 0.766. The summed E-state index contributed by atoms with van der Waals surface area (Å²) in [5.74, 6) is 1.70. The minimum Gasteiger partial charge on any atom is -0.357 e. The van der Waals surface area contributed by atoms with Gasteiger partial charge in [-0.15, -0.1) is 0 Å². The Morgan fingerprint density at radius 3 is 2.89 bits per heavy atom. The van der Waals surface area contributed by atoms with Crippen molar-refractivity contribution >= 4 is 21.9 Å². The van der Waals surface area contributed by atoms with Gasteiger partial charge in [0.2, 0.25) is 0 Å². The van der Waals surface area contributed by atoms with E-state index in [0.717, 1.165) is 22.9 Å². The summed E-state index contributed by atoms with van der Waals surface area (Å²) in [7, 11) is 0. The van der Waals surface area contributed by atoms with Crippen LogP contribution >= 0.6 is 15.9 Å². The summed E-state index contributed by atoms with van der Waals surface area (Å²) in [4.78, 5) is 4.61. The first-order chi connectivity index (χ1) is 8.69. The summed E-state index contributed by atoms with van der Waals surface area (Å²) >= 11 is 3.48. The number of aliphatic imine (C=N–C) groups is 1. The van der Waals surface area contributed by atoms with Gasteiger partial charge in [0.15, 0.2) is 5.96 Å². The van der Waals surface area contributed by atoms with Crippen LogP contribution in [-0.2, 0) is 6.54 Å². The number of hydrogen-bond donors (Lipinski definition) is 2. The molecule has 1 aliphatic carbocycles. The van der Waals surface area contributed by atoms with Crippen molar-refractivity contribution in [2.24, 2.45) is 10.9 Å². The van der Waals surface area contributed by atoms with E-state index in [1.807, 2.05) is 12.1 Å². The van der Waals surface area contributed by atoms with Crippen LogP contribution in [-0.4, -0.2) is 18.5 Å². The van der Waals surface area contributed by atoms with Crippen molar-refractivity contribution in [1.29, 1.82) is 0 Å². The molecule has 1 fully saturated rings. The summed E-state index contributed by atoms with van der Waals surface area (Å²) in [5.41, 5.74) is 1.21. The van der Waals surface area contributed by atoms with Crippen molar-refractivity contribution in [2.45, 2.75) is 32.9 Å². The zero-order chi connectivity index (χ0) is 13.0. The number of halogens is 1. The third kappa shape index (κ3) is 4.02. The average molecular weight is 310 g/mol. The van der Waals surface area contributed by atoms with Crippen molar-refractivity contribution in [3.05, 3.63) is 34.3 Å². The number of nitrogens with zero attached hydrogens (tertiary/aromatic N) is 1. The quantitative estimate of drug-likeness (QED) is 0.663. The Balaban J connectivity index is 1.94. The molecule has 1 saturated carbocycles.